The van der Waals surface area contributed by atoms with Gasteiger partial charge < -0.3 is 9.63 Å². The van der Waals surface area contributed by atoms with Crippen LogP contribution >= 0.6 is 0 Å². The third-order valence-corrected chi connectivity index (χ3v) is 4.69. The van der Waals surface area contributed by atoms with Crippen LogP contribution in [0.1, 0.15) is 56.0 Å². The van der Waals surface area contributed by atoms with Crippen molar-refractivity contribution >= 4 is 5.97 Å². The molecule has 5 nitrogen and oxygen atoms in total. The summed E-state index contributed by atoms with van der Waals surface area (Å²) in [6, 6.07) is 0.465. The van der Waals surface area contributed by atoms with Crippen molar-refractivity contribution in [2.24, 2.45) is 5.92 Å². The summed E-state index contributed by atoms with van der Waals surface area (Å²) in [7, 11) is 0. The summed E-state index contributed by atoms with van der Waals surface area (Å²) in [6.45, 7) is 7.49. The molecule has 0 bridgehead atoms. The Hall–Kier alpha value is -1.36. The molecule has 0 aliphatic heterocycles. The largest absolute Gasteiger partial charge is 0.481 e. The van der Waals surface area contributed by atoms with E-state index in [4.69, 9.17) is 9.63 Å². The van der Waals surface area contributed by atoms with Crippen LogP contribution in [-0.2, 0) is 11.3 Å². The molecule has 1 aromatic heterocycles. The quantitative estimate of drug-likeness (QED) is 0.873. The minimum atomic E-state index is -0.734. The fourth-order valence-corrected chi connectivity index (χ4v) is 3.37. The van der Waals surface area contributed by atoms with Gasteiger partial charge in [0.25, 0.3) is 0 Å². The summed E-state index contributed by atoms with van der Waals surface area (Å²) in [5, 5.41) is 13.0. The molecule has 5 heteroatoms. The van der Waals surface area contributed by atoms with Crippen LogP contribution in [0.3, 0.4) is 0 Å². The monoisotopic (exact) mass is 294 g/mol. The van der Waals surface area contributed by atoms with E-state index < -0.39 is 5.97 Å². The third kappa shape index (κ3) is 4.06. The van der Waals surface area contributed by atoms with E-state index in [1.54, 1.807) is 0 Å². The molecule has 2 atom stereocenters. The Morgan fingerprint density at radius 2 is 2.10 bits per heavy atom. The van der Waals surface area contributed by atoms with Gasteiger partial charge in [-0.15, -0.1) is 0 Å². The molecule has 0 spiro atoms. The summed E-state index contributed by atoms with van der Waals surface area (Å²) in [4.78, 5) is 13.3. The molecule has 1 aliphatic carbocycles. The molecule has 1 saturated carbocycles. The molecular weight excluding hydrogens is 268 g/mol. The van der Waals surface area contributed by atoms with Crippen LogP contribution in [0.5, 0.6) is 0 Å². The zero-order valence-corrected chi connectivity index (χ0v) is 13.3. The molecule has 21 heavy (non-hydrogen) atoms. The van der Waals surface area contributed by atoms with Gasteiger partial charge in [0.1, 0.15) is 5.76 Å². The van der Waals surface area contributed by atoms with Gasteiger partial charge in [0.2, 0.25) is 0 Å². The normalized spacial score (nSPS) is 22.7. The van der Waals surface area contributed by atoms with E-state index in [1.807, 2.05) is 13.8 Å². The van der Waals surface area contributed by atoms with Crippen molar-refractivity contribution < 1.29 is 14.4 Å². The fraction of sp³-hybridized carbons (Fsp3) is 0.750. The van der Waals surface area contributed by atoms with Crippen LogP contribution in [0.4, 0.5) is 0 Å². The number of carboxylic acid groups (broad SMARTS) is 1. The Balaban J connectivity index is 2.13. The molecule has 0 amide bonds. The highest BCUT2D eigenvalue weighted by molar-refractivity contribution is 5.66. The number of carboxylic acids is 1. The van der Waals surface area contributed by atoms with E-state index in [0.29, 0.717) is 18.5 Å². The molecule has 1 fully saturated rings. The first-order chi connectivity index (χ1) is 9.99. The summed E-state index contributed by atoms with van der Waals surface area (Å²) in [5.41, 5.74) is 2.02. The number of aliphatic carboxylic acids is 1. The lowest BCUT2D eigenvalue weighted by molar-refractivity contribution is -0.137. The highest BCUT2D eigenvalue weighted by Gasteiger charge is 2.28. The minimum Gasteiger partial charge on any atom is -0.481 e. The summed E-state index contributed by atoms with van der Waals surface area (Å²) in [5.74, 6) is 0.728. The number of hydrogen-bond donors (Lipinski definition) is 1. The lowest BCUT2D eigenvalue weighted by Gasteiger charge is -2.38. The fourth-order valence-electron chi connectivity index (χ4n) is 3.37. The highest BCUT2D eigenvalue weighted by Crippen LogP contribution is 2.30. The Morgan fingerprint density at radius 3 is 2.67 bits per heavy atom. The number of carbonyl (C=O) groups is 1. The van der Waals surface area contributed by atoms with Crippen LogP contribution in [0, 0.1) is 19.8 Å². The number of nitrogens with zero attached hydrogens (tertiary/aromatic N) is 2. The minimum absolute atomic E-state index is 0.187. The summed E-state index contributed by atoms with van der Waals surface area (Å²) < 4.78 is 5.24. The maximum atomic E-state index is 10.9. The van der Waals surface area contributed by atoms with Crippen LogP contribution < -0.4 is 0 Å². The van der Waals surface area contributed by atoms with Gasteiger partial charge in [-0.05, 0) is 32.6 Å². The molecule has 0 radical (unpaired) electrons. The number of rotatable bonds is 6. The molecule has 118 valence electrons. The first kappa shape index (κ1) is 16.0. The van der Waals surface area contributed by atoms with Gasteiger partial charge in [0.15, 0.2) is 0 Å². The van der Waals surface area contributed by atoms with Crippen molar-refractivity contribution in [3.8, 4) is 0 Å². The van der Waals surface area contributed by atoms with Gasteiger partial charge >= 0.3 is 5.97 Å². The first-order valence-corrected chi connectivity index (χ1v) is 7.86. The second kappa shape index (κ2) is 7.07. The molecule has 2 unspecified atom stereocenters. The topological polar surface area (TPSA) is 66.6 Å². The van der Waals surface area contributed by atoms with E-state index in [9.17, 15) is 4.79 Å². The lowest BCUT2D eigenvalue weighted by Crippen LogP contribution is -2.42. The SMILES string of the molecule is Cc1noc(C)c1CN(CCC(=O)O)C1CCCCC1C. The molecule has 1 aromatic rings. The van der Waals surface area contributed by atoms with Gasteiger partial charge in [0.05, 0.1) is 12.1 Å². The van der Waals surface area contributed by atoms with E-state index in [0.717, 1.165) is 30.0 Å². The average molecular weight is 294 g/mol. The Kier molecular flexibility index (Phi) is 5.39. The van der Waals surface area contributed by atoms with Crippen LogP contribution in [-0.4, -0.2) is 33.7 Å². The van der Waals surface area contributed by atoms with Gasteiger partial charge in [-0.3, -0.25) is 9.69 Å². The van der Waals surface area contributed by atoms with E-state index in [1.165, 1.54) is 19.3 Å². The van der Waals surface area contributed by atoms with Crippen molar-refractivity contribution in [2.75, 3.05) is 6.54 Å². The average Bonchev–Trinajstić information content (AvgIpc) is 2.75. The lowest BCUT2D eigenvalue weighted by atomic mass is 9.84. The maximum Gasteiger partial charge on any atom is 0.304 e. The number of aromatic nitrogens is 1. The zero-order chi connectivity index (χ0) is 15.4. The standard InChI is InChI=1S/C16H26N2O3/c1-11-6-4-5-7-15(11)18(9-8-16(19)20)10-14-12(2)17-21-13(14)3/h11,15H,4-10H2,1-3H3,(H,19,20). The maximum absolute atomic E-state index is 10.9. The number of hydrogen-bond acceptors (Lipinski definition) is 4. The van der Waals surface area contributed by atoms with Crippen molar-refractivity contribution in [2.45, 2.75) is 65.5 Å². The Morgan fingerprint density at radius 1 is 1.38 bits per heavy atom. The van der Waals surface area contributed by atoms with E-state index >= 15 is 0 Å². The van der Waals surface area contributed by atoms with E-state index in [-0.39, 0.29) is 6.42 Å². The van der Waals surface area contributed by atoms with Crippen molar-refractivity contribution in [1.29, 1.82) is 0 Å². The van der Waals surface area contributed by atoms with E-state index in [2.05, 4.69) is 17.0 Å². The molecule has 2 rings (SSSR count). The summed E-state index contributed by atoms with van der Waals surface area (Å²) in [6.07, 6.45) is 5.10. The van der Waals surface area contributed by atoms with Crippen LogP contribution in [0.25, 0.3) is 0 Å². The second-order valence-electron chi connectivity index (χ2n) is 6.25. The third-order valence-electron chi connectivity index (χ3n) is 4.69. The van der Waals surface area contributed by atoms with Crippen molar-refractivity contribution in [3.05, 3.63) is 17.0 Å². The van der Waals surface area contributed by atoms with Gasteiger partial charge in [-0.1, -0.05) is 24.9 Å². The molecule has 0 aromatic carbocycles. The van der Waals surface area contributed by atoms with Crippen molar-refractivity contribution in [3.63, 3.8) is 0 Å². The molecular formula is C16H26N2O3. The van der Waals surface area contributed by atoms with Crippen LogP contribution in [0.2, 0.25) is 0 Å². The van der Waals surface area contributed by atoms with Gasteiger partial charge in [-0.25, -0.2) is 0 Å². The zero-order valence-electron chi connectivity index (χ0n) is 13.3. The molecule has 1 N–H and O–H groups in total. The van der Waals surface area contributed by atoms with Crippen LogP contribution in [0.15, 0.2) is 4.52 Å². The summed E-state index contributed by atoms with van der Waals surface area (Å²) >= 11 is 0. The Labute approximate surface area is 126 Å². The first-order valence-electron chi connectivity index (χ1n) is 7.86. The van der Waals surface area contributed by atoms with Gasteiger partial charge in [-0.2, -0.15) is 0 Å². The second-order valence-corrected chi connectivity index (χ2v) is 6.25. The molecule has 0 saturated heterocycles. The number of aryl methyl sites for hydroxylation is 2. The molecule has 1 heterocycles. The Bertz CT molecular complexity index is 464. The molecule has 1 aliphatic rings. The predicted molar refractivity (Wildman–Crippen MR) is 80.1 cm³/mol. The van der Waals surface area contributed by atoms with Crippen molar-refractivity contribution in [1.82, 2.24) is 10.1 Å². The predicted octanol–water partition coefficient (Wildman–Crippen LogP) is 3.15. The van der Waals surface area contributed by atoms with Gasteiger partial charge in [0, 0.05) is 24.7 Å². The smallest absolute Gasteiger partial charge is 0.304 e. The highest BCUT2D eigenvalue weighted by atomic mass is 16.5.